The van der Waals surface area contributed by atoms with E-state index in [0.717, 1.165) is 32.2 Å². The minimum absolute atomic E-state index is 0.0253. The maximum Gasteiger partial charge on any atom is 0.249 e. The molecule has 1 amide bonds. The van der Waals surface area contributed by atoms with Crippen molar-refractivity contribution in [1.82, 2.24) is 15.3 Å². The van der Waals surface area contributed by atoms with Crippen molar-refractivity contribution in [2.45, 2.75) is 56.4 Å². The van der Waals surface area contributed by atoms with Crippen molar-refractivity contribution < 1.29 is 13.9 Å². The molecule has 1 N–H and O–H groups in total. The van der Waals surface area contributed by atoms with Crippen LogP contribution < -0.4 is 10.2 Å². The Labute approximate surface area is 128 Å². The van der Waals surface area contributed by atoms with Crippen LogP contribution in [0.1, 0.15) is 32.1 Å². The van der Waals surface area contributed by atoms with Crippen molar-refractivity contribution in [1.29, 1.82) is 0 Å². The summed E-state index contributed by atoms with van der Waals surface area (Å²) in [5.41, 5.74) is 0. The fourth-order valence-corrected chi connectivity index (χ4v) is 3.34. The van der Waals surface area contributed by atoms with E-state index in [1.807, 2.05) is 0 Å². The predicted octanol–water partition coefficient (Wildman–Crippen LogP) is 1.02. The second kappa shape index (κ2) is 5.46. The molecule has 1 aromatic heterocycles. The maximum absolute atomic E-state index is 12.9. The summed E-state index contributed by atoms with van der Waals surface area (Å²) >= 11 is 0. The molecule has 7 heteroatoms. The molecule has 3 fully saturated rings. The van der Waals surface area contributed by atoms with Gasteiger partial charge in [-0.25, -0.2) is 14.4 Å². The van der Waals surface area contributed by atoms with E-state index < -0.39 is 5.82 Å². The third kappa shape index (κ3) is 2.65. The van der Waals surface area contributed by atoms with E-state index in [2.05, 4.69) is 20.2 Å². The van der Waals surface area contributed by atoms with Crippen LogP contribution in [-0.4, -0.2) is 46.7 Å². The molecule has 2 saturated heterocycles. The molecule has 1 saturated carbocycles. The van der Waals surface area contributed by atoms with Crippen LogP contribution >= 0.6 is 0 Å². The van der Waals surface area contributed by atoms with Gasteiger partial charge in [0.25, 0.3) is 0 Å². The Morgan fingerprint density at radius 3 is 2.73 bits per heavy atom. The highest BCUT2D eigenvalue weighted by molar-refractivity contribution is 5.81. The summed E-state index contributed by atoms with van der Waals surface area (Å²) in [7, 11) is 0. The lowest BCUT2D eigenvalue weighted by molar-refractivity contribution is -0.141. The van der Waals surface area contributed by atoms with Crippen LogP contribution in [0.15, 0.2) is 12.4 Å². The van der Waals surface area contributed by atoms with E-state index in [0.29, 0.717) is 18.4 Å². The second-order valence-corrected chi connectivity index (χ2v) is 6.27. The first kappa shape index (κ1) is 13.9. The zero-order valence-electron chi connectivity index (χ0n) is 12.2. The molecule has 1 aromatic rings. The molecule has 0 aromatic carbocycles. The number of carbonyl (C=O) groups excluding carboxylic acids is 1. The summed E-state index contributed by atoms with van der Waals surface area (Å²) < 4.78 is 18.9. The summed E-state index contributed by atoms with van der Waals surface area (Å²) in [6.07, 6.45) is 6.65. The van der Waals surface area contributed by atoms with Gasteiger partial charge in [0.15, 0.2) is 5.82 Å². The van der Waals surface area contributed by atoms with Gasteiger partial charge in [0.05, 0.1) is 24.5 Å². The van der Waals surface area contributed by atoms with Gasteiger partial charge in [-0.2, -0.15) is 0 Å². The number of carbonyl (C=O) groups is 1. The Morgan fingerprint density at radius 2 is 2.00 bits per heavy atom. The van der Waals surface area contributed by atoms with Crippen LogP contribution in [0.25, 0.3) is 0 Å². The molecule has 6 nitrogen and oxygen atoms in total. The van der Waals surface area contributed by atoms with Gasteiger partial charge in [-0.3, -0.25) is 4.79 Å². The van der Waals surface area contributed by atoms with Gasteiger partial charge in [0.1, 0.15) is 6.10 Å². The molecule has 0 bridgehead atoms. The summed E-state index contributed by atoms with van der Waals surface area (Å²) in [6.45, 7) is 0.776. The number of hydrogen-bond acceptors (Lipinski definition) is 5. The monoisotopic (exact) mass is 306 g/mol. The number of nitrogens with zero attached hydrogens (tertiary/aromatic N) is 3. The lowest BCUT2D eigenvalue weighted by Crippen LogP contribution is -2.48. The SMILES string of the molecule is O=C(NC1CC1)[C@H]1CC[C@@H]2[C@@H](CCN2c2ncc(F)cn2)O1. The number of ether oxygens (including phenoxy) is 1. The molecule has 2 aliphatic heterocycles. The summed E-state index contributed by atoms with van der Waals surface area (Å²) in [6, 6.07) is 0.539. The Bertz CT molecular complexity index is 563. The molecule has 3 heterocycles. The molecular formula is C15H19FN4O2. The van der Waals surface area contributed by atoms with Crippen molar-refractivity contribution in [3.8, 4) is 0 Å². The first-order valence-electron chi connectivity index (χ1n) is 7.91. The number of amides is 1. The van der Waals surface area contributed by atoms with Crippen LogP contribution in [0.2, 0.25) is 0 Å². The molecule has 1 aliphatic carbocycles. The first-order chi connectivity index (χ1) is 10.7. The van der Waals surface area contributed by atoms with Crippen molar-refractivity contribution in [2.75, 3.05) is 11.4 Å². The van der Waals surface area contributed by atoms with E-state index in [-0.39, 0.29) is 24.2 Å². The minimum atomic E-state index is -0.434. The highest BCUT2D eigenvalue weighted by Gasteiger charge is 2.43. The van der Waals surface area contributed by atoms with Crippen molar-refractivity contribution in [3.63, 3.8) is 0 Å². The molecule has 118 valence electrons. The average Bonchev–Trinajstić information content (AvgIpc) is 3.24. The second-order valence-electron chi connectivity index (χ2n) is 6.27. The average molecular weight is 306 g/mol. The molecule has 22 heavy (non-hydrogen) atoms. The molecule has 0 unspecified atom stereocenters. The number of hydrogen-bond donors (Lipinski definition) is 1. The predicted molar refractivity (Wildman–Crippen MR) is 76.8 cm³/mol. The van der Waals surface area contributed by atoms with Gasteiger partial charge in [-0.1, -0.05) is 0 Å². The van der Waals surface area contributed by atoms with Crippen LogP contribution in [0, 0.1) is 5.82 Å². The van der Waals surface area contributed by atoms with Crippen LogP contribution in [0.4, 0.5) is 10.3 Å². The third-order valence-corrected chi connectivity index (χ3v) is 4.63. The third-order valence-electron chi connectivity index (χ3n) is 4.63. The number of fused-ring (bicyclic) bond motifs is 1. The Hall–Kier alpha value is -1.76. The van der Waals surface area contributed by atoms with Gasteiger partial charge in [-0.05, 0) is 32.1 Å². The normalized spacial score (nSPS) is 31.0. The van der Waals surface area contributed by atoms with E-state index >= 15 is 0 Å². The highest BCUT2D eigenvalue weighted by atomic mass is 19.1. The molecule has 3 atom stereocenters. The summed E-state index contributed by atoms with van der Waals surface area (Å²) in [4.78, 5) is 22.3. The number of anilines is 1. The fraction of sp³-hybridized carbons (Fsp3) is 0.667. The zero-order chi connectivity index (χ0) is 15.1. The lowest BCUT2D eigenvalue weighted by Gasteiger charge is -2.35. The van der Waals surface area contributed by atoms with Crippen molar-refractivity contribution in [2.24, 2.45) is 0 Å². The number of rotatable bonds is 3. The van der Waals surface area contributed by atoms with Crippen molar-refractivity contribution >= 4 is 11.9 Å². The molecule has 3 aliphatic rings. The number of aromatic nitrogens is 2. The van der Waals surface area contributed by atoms with E-state index in [1.54, 1.807) is 0 Å². The van der Waals surface area contributed by atoms with E-state index in [1.165, 1.54) is 12.4 Å². The molecule has 0 spiro atoms. The van der Waals surface area contributed by atoms with Crippen LogP contribution in [-0.2, 0) is 9.53 Å². The Kier molecular flexibility index (Phi) is 3.44. The Balaban J connectivity index is 1.41. The van der Waals surface area contributed by atoms with Gasteiger partial charge in [0.2, 0.25) is 11.9 Å². The highest BCUT2D eigenvalue weighted by Crippen LogP contribution is 2.33. The van der Waals surface area contributed by atoms with Crippen LogP contribution in [0.5, 0.6) is 0 Å². The van der Waals surface area contributed by atoms with Gasteiger partial charge in [0, 0.05) is 12.6 Å². The number of halogens is 1. The van der Waals surface area contributed by atoms with Gasteiger partial charge >= 0.3 is 0 Å². The maximum atomic E-state index is 12.9. The molecule has 0 radical (unpaired) electrons. The van der Waals surface area contributed by atoms with E-state index in [4.69, 9.17) is 4.74 Å². The smallest absolute Gasteiger partial charge is 0.249 e. The Morgan fingerprint density at radius 1 is 1.23 bits per heavy atom. The quantitative estimate of drug-likeness (QED) is 0.903. The van der Waals surface area contributed by atoms with E-state index in [9.17, 15) is 9.18 Å². The zero-order valence-corrected chi connectivity index (χ0v) is 12.2. The topological polar surface area (TPSA) is 67.4 Å². The largest absolute Gasteiger partial charge is 0.363 e. The lowest BCUT2D eigenvalue weighted by atomic mass is 9.98. The standard InChI is InChI=1S/C15H19FN4O2/c16-9-7-17-15(18-8-9)20-6-5-12-11(20)3-4-13(22-12)14(21)19-10-1-2-10/h7-8,10-13H,1-6H2,(H,19,21)/t11-,12-,13-/m1/s1. The van der Waals surface area contributed by atoms with Crippen molar-refractivity contribution in [3.05, 3.63) is 18.2 Å². The molecule has 4 rings (SSSR count). The number of nitrogens with one attached hydrogen (secondary N) is 1. The summed E-state index contributed by atoms with van der Waals surface area (Å²) in [5.74, 6) is 0.131. The molecular weight excluding hydrogens is 287 g/mol. The van der Waals surface area contributed by atoms with Gasteiger partial charge < -0.3 is 15.0 Å². The minimum Gasteiger partial charge on any atom is -0.363 e. The van der Waals surface area contributed by atoms with Crippen LogP contribution in [0.3, 0.4) is 0 Å². The fourth-order valence-electron chi connectivity index (χ4n) is 3.34. The van der Waals surface area contributed by atoms with Gasteiger partial charge in [-0.15, -0.1) is 0 Å². The summed E-state index contributed by atoms with van der Waals surface area (Å²) in [5, 5.41) is 3.01. The first-order valence-corrected chi connectivity index (χ1v) is 7.91.